The average molecular weight is 422 g/mol. The molecule has 1 aliphatic rings. The molecule has 0 radical (unpaired) electrons. The van der Waals surface area contributed by atoms with Gasteiger partial charge in [-0.25, -0.2) is 9.97 Å². The zero-order chi connectivity index (χ0) is 20.0. The van der Waals surface area contributed by atoms with Crippen LogP contribution < -0.4 is 5.73 Å². The second-order valence-electron chi connectivity index (χ2n) is 7.84. The van der Waals surface area contributed by atoms with Gasteiger partial charge in [0.05, 0.1) is 18.1 Å². The molecule has 5 rings (SSSR count). The fourth-order valence-corrected chi connectivity index (χ4v) is 5.84. The van der Waals surface area contributed by atoms with Gasteiger partial charge in [0.15, 0.2) is 5.16 Å². The van der Waals surface area contributed by atoms with Crippen molar-refractivity contribution in [2.45, 2.75) is 43.9 Å². The van der Waals surface area contributed by atoms with E-state index in [-0.39, 0.29) is 6.10 Å². The number of benzene rings is 2. The van der Waals surface area contributed by atoms with E-state index < -0.39 is 0 Å². The highest BCUT2D eigenvalue weighted by Gasteiger charge is 2.27. The molecule has 0 bridgehead atoms. The van der Waals surface area contributed by atoms with Crippen molar-refractivity contribution in [1.29, 1.82) is 0 Å². The summed E-state index contributed by atoms with van der Waals surface area (Å²) in [6.07, 6.45) is 1.13. The molecule has 1 aliphatic heterocycles. The quantitative estimate of drug-likeness (QED) is 0.332. The Morgan fingerprint density at radius 3 is 2.83 bits per heavy atom. The maximum atomic E-state index is 6.39. The van der Waals surface area contributed by atoms with Crippen molar-refractivity contribution in [2.24, 2.45) is 5.92 Å². The predicted molar refractivity (Wildman–Crippen MR) is 122 cm³/mol. The second-order valence-corrected chi connectivity index (χ2v) is 9.87. The van der Waals surface area contributed by atoms with E-state index in [1.807, 2.05) is 0 Å². The van der Waals surface area contributed by atoms with Crippen LogP contribution in [-0.4, -0.2) is 16.1 Å². The standard InChI is InChI=1S/C23H23N3OS2/c1-13(2)18-10-17-19(11-27-18)29-22-20(17)21(24)25-23(26-22)28-12-14-7-8-15-5-3-4-6-16(15)9-14/h3-9,13,18H,10-12H2,1-2H3,(H2,24,25,26)/t18-/m0/s1. The summed E-state index contributed by atoms with van der Waals surface area (Å²) in [4.78, 5) is 11.7. The Kier molecular flexibility index (Phi) is 4.94. The van der Waals surface area contributed by atoms with Gasteiger partial charge < -0.3 is 10.5 Å². The summed E-state index contributed by atoms with van der Waals surface area (Å²) in [7, 11) is 0. The number of thioether (sulfide) groups is 1. The van der Waals surface area contributed by atoms with Gasteiger partial charge in [-0.2, -0.15) is 0 Å². The van der Waals surface area contributed by atoms with Gasteiger partial charge in [0.2, 0.25) is 0 Å². The Morgan fingerprint density at radius 2 is 2.00 bits per heavy atom. The summed E-state index contributed by atoms with van der Waals surface area (Å²) < 4.78 is 6.02. The van der Waals surface area contributed by atoms with Crippen LogP contribution in [0.25, 0.3) is 21.0 Å². The van der Waals surface area contributed by atoms with E-state index >= 15 is 0 Å². The fourth-order valence-electron chi connectivity index (χ4n) is 3.86. The van der Waals surface area contributed by atoms with Crippen molar-refractivity contribution in [3.05, 3.63) is 58.5 Å². The summed E-state index contributed by atoms with van der Waals surface area (Å²) in [5.74, 6) is 1.90. The third kappa shape index (κ3) is 3.61. The van der Waals surface area contributed by atoms with E-state index in [1.165, 1.54) is 26.8 Å². The predicted octanol–water partition coefficient (Wildman–Crippen LogP) is 5.82. The zero-order valence-electron chi connectivity index (χ0n) is 16.5. The summed E-state index contributed by atoms with van der Waals surface area (Å²) in [6, 6.07) is 15.0. The molecule has 0 saturated carbocycles. The molecule has 29 heavy (non-hydrogen) atoms. The summed E-state index contributed by atoms with van der Waals surface area (Å²) in [5, 5.41) is 4.29. The zero-order valence-corrected chi connectivity index (χ0v) is 18.1. The molecule has 0 unspecified atom stereocenters. The normalized spacial score (nSPS) is 16.6. The van der Waals surface area contributed by atoms with Crippen LogP contribution in [0.5, 0.6) is 0 Å². The fraction of sp³-hybridized carbons (Fsp3) is 0.304. The van der Waals surface area contributed by atoms with Crippen molar-refractivity contribution in [2.75, 3.05) is 5.73 Å². The molecule has 0 aliphatic carbocycles. The number of anilines is 1. The van der Waals surface area contributed by atoms with Crippen molar-refractivity contribution in [1.82, 2.24) is 9.97 Å². The van der Waals surface area contributed by atoms with E-state index in [2.05, 4.69) is 61.3 Å². The summed E-state index contributed by atoms with van der Waals surface area (Å²) >= 11 is 3.33. The number of fused-ring (bicyclic) bond motifs is 4. The molecule has 2 aromatic carbocycles. The number of hydrogen-bond donors (Lipinski definition) is 1. The van der Waals surface area contributed by atoms with Crippen LogP contribution >= 0.6 is 23.1 Å². The highest BCUT2D eigenvalue weighted by atomic mass is 32.2. The SMILES string of the molecule is CC(C)[C@@H]1Cc2c(sc3nc(SCc4ccc5ccccc5c4)nc(N)c23)CO1. The molecule has 2 aromatic heterocycles. The number of nitrogens with zero attached hydrogens (tertiary/aromatic N) is 2. The van der Waals surface area contributed by atoms with E-state index in [9.17, 15) is 0 Å². The lowest BCUT2D eigenvalue weighted by atomic mass is 9.96. The minimum Gasteiger partial charge on any atom is -0.383 e. The molecule has 2 N–H and O–H groups in total. The molecular weight excluding hydrogens is 398 g/mol. The summed E-state index contributed by atoms with van der Waals surface area (Å²) in [5.41, 5.74) is 8.94. The number of nitrogen functional groups attached to an aromatic ring is 1. The van der Waals surface area contributed by atoms with Crippen molar-refractivity contribution in [3.63, 3.8) is 0 Å². The number of ether oxygens (including phenoxy) is 1. The second kappa shape index (κ2) is 7.59. The Hall–Kier alpha value is -2.15. The molecule has 148 valence electrons. The van der Waals surface area contributed by atoms with Gasteiger partial charge >= 0.3 is 0 Å². The van der Waals surface area contributed by atoms with Crippen LogP contribution in [-0.2, 0) is 23.5 Å². The largest absolute Gasteiger partial charge is 0.383 e. The first-order valence-corrected chi connectivity index (χ1v) is 11.7. The lowest BCUT2D eigenvalue weighted by molar-refractivity contribution is 0.00203. The third-order valence-electron chi connectivity index (χ3n) is 5.50. The van der Waals surface area contributed by atoms with Crippen LogP contribution in [0.15, 0.2) is 47.6 Å². The monoisotopic (exact) mass is 421 g/mol. The summed E-state index contributed by atoms with van der Waals surface area (Å²) in [6.45, 7) is 5.05. The average Bonchev–Trinajstić information content (AvgIpc) is 3.10. The molecule has 0 amide bonds. The van der Waals surface area contributed by atoms with Crippen molar-refractivity contribution < 1.29 is 4.74 Å². The van der Waals surface area contributed by atoms with Crippen molar-refractivity contribution in [3.8, 4) is 0 Å². The van der Waals surface area contributed by atoms with Crippen LogP contribution in [0, 0.1) is 5.92 Å². The maximum Gasteiger partial charge on any atom is 0.191 e. The minimum atomic E-state index is 0.238. The number of nitrogens with two attached hydrogens (primary N) is 1. The van der Waals surface area contributed by atoms with Gasteiger partial charge in [0, 0.05) is 17.1 Å². The van der Waals surface area contributed by atoms with Crippen LogP contribution in [0.4, 0.5) is 5.82 Å². The van der Waals surface area contributed by atoms with Gasteiger partial charge in [-0.15, -0.1) is 11.3 Å². The van der Waals surface area contributed by atoms with E-state index in [1.54, 1.807) is 23.1 Å². The Balaban J connectivity index is 1.41. The number of aromatic nitrogens is 2. The van der Waals surface area contributed by atoms with Gasteiger partial charge in [0.25, 0.3) is 0 Å². The molecule has 4 nitrogen and oxygen atoms in total. The van der Waals surface area contributed by atoms with Gasteiger partial charge in [-0.3, -0.25) is 0 Å². The van der Waals surface area contributed by atoms with Crippen LogP contribution in [0.1, 0.15) is 29.9 Å². The van der Waals surface area contributed by atoms with E-state index in [0.717, 1.165) is 27.5 Å². The van der Waals surface area contributed by atoms with E-state index in [4.69, 9.17) is 15.5 Å². The lowest BCUT2D eigenvalue weighted by Crippen LogP contribution is -2.26. The molecule has 0 saturated heterocycles. The minimum absolute atomic E-state index is 0.238. The van der Waals surface area contributed by atoms with Crippen LogP contribution in [0.3, 0.4) is 0 Å². The number of hydrogen-bond acceptors (Lipinski definition) is 6. The van der Waals surface area contributed by atoms with Crippen molar-refractivity contribution >= 4 is 49.9 Å². The van der Waals surface area contributed by atoms with Gasteiger partial charge in [-0.1, -0.05) is 68.1 Å². The van der Waals surface area contributed by atoms with Crippen LogP contribution in [0.2, 0.25) is 0 Å². The van der Waals surface area contributed by atoms with Gasteiger partial charge in [-0.05, 0) is 27.8 Å². The first-order valence-electron chi connectivity index (χ1n) is 9.88. The molecular formula is C23H23N3OS2. The topological polar surface area (TPSA) is 61.0 Å². The molecule has 1 atom stereocenters. The molecule has 4 aromatic rings. The number of thiophene rings is 1. The Bertz CT molecular complexity index is 1200. The first kappa shape index (κ1) is 18.9. The molecule has 0 fully saturated rings. The Labute approximate surface area is 178 Å². The van der Waals surface area contributed by atoms with Gasteiger partial charge in [0.1, 0.15) is 10.6 Å². The third-order valence-corrected chi connectivity index (χ3v) is 7.52. The smallest absolute Gasteiger partial charge is 0.191 e. The lowest BCUT2D eigenvalue weighted by Gasteiger charge is -2.26. The number of rotatable bonds is 4. The first-order chi connectivity index (χ1) is 14.1. The molecule has 3 heterocycles. The van der Waals surface area contributed by atoms with E-state index in [0.29, 0.717) is 18.3 Å². The maximum absolute atomic E-state index is 6.39. The highest BCUT2D eigenvalue weighted by Crippen LogP contribution is 2.39. The molecule has 6 heteroatoms. The molecule has 0 spiro atoms. The highest BCUT2D eigenvalue weighted by molar-refractivity contribution is 7.98. The Morgan fingerprint density at radius 1 is 1.17 bits per heavy atom.